The predicted octanol–water partition coefficient (Wildman–Crippen LogP) is 1.59. The molecule has 0 spiro atoms. The molecule has 1 fully saturated rings. The van der Waals surface area contributed by atoms with Gasteiger partial charge in [0.1, 0.15) is 5.82 Å². The van der Waals surface area contributed by atoms with Gasteiger partial charge in [-0.25, -0.2) is 4.98 Å². The van der Waals surface area contributed by atoms with Gasteiger partial charge in [0.15, 0.2) is 0 Å². The molecule has 2 unspecified atom stereocenters. The predicted molar refractivity (Wildman–Crippen MR) is 73.5 cm³/mol. The lowest BCUT2D eigenvalue weighted by atomic mass is 9.91. The maximum absolute atomic E-state index is 10.1. The summed E-state index contributed by atoms with van der Waals surface area (Å²) in [6.07, 6.45) is 3.99. The standard InChI is InChI=1S/C14H23N3O/c1-10-7-11(9-15)8-14(16-10)17(2)12-5-3-4-6-13(12)18/h7-8,12-13,18H,3-6,9,15H2,1-2H3. The summed E-state index contributed by atoms with van der Waals surface area (Å²) in [5, 5.41) is 10.1. The zero-order valence-electron chi connectivity index (χ0n) is 11.3. The van der Waals surface area contributed by atoms with Gasteiger partial charge in [0.25, 0.3) is 0 Å². The van der Waals surface area contributed by atoms with Crippen molar-refractivity contribution in [1.29, 1.82) is 0 Å². The molecule has 4 heteroatoms. The molecule has 1 aliphatic carbocycles. The lowest BCUT2D eigenvalue weighted by Crippen LogP contribution is -2.43. The number of nitrogens with zero attached hydrogens (tertiary/aromatic N) is 2. The summed E-state index contributed by atoms with van der Waals surface area (Å²) < 4.78 is 0. The van der Waals surface area contributed by atoms with Crippen LogP contribution in [-0.4, -0.2) is 29.3 Å². The average Bonchev–Trinajstić information content (AvgIpc) is 2.37. The van der Waals surface area contributed by atoms with Crippen molar-refractivity contribution in [2.45, 2.75) is 51.3 Å². The first-order chi connectivity index (χ1) is 8.61. The summed E-state index contributed by atoms with van der Waals surface area (Å²) in [6.45, 7) is 2.51. The second kappa shape index (κ2) is 5.67. The highest BCUT2D eigenvalue weighted by molar-refractivity contribution is 5.43. The number of hydrogen-bond donors (Lipinski definition) is 2. The molecule has 0 amide bonds. The van der Waals surface area contributed by atoms with Gasteiger partial charge >= 0.3 is 0 Å². The Kier molecular flexibility index (Phi) is 4.19. The van der Waals surface area contributed by atoms with E-state index in [1.807, 2.05) is 26.1 Å². The third-order valence-electron chi connectivity index (χ3n) is 3.79. The molecule has 1 aromatic heterocycles. The van der Waals surface area contributed by atoms with Crippen molar-refractivity contribution in [1.82, 2.24) is 4.98 Å². The molecule has 0 aliphatic heterocycles. The van der Waals surface area contributed by atoms with Gasteiger partial charge in [-0.15, -0.1) is 0 Å². The summed E-state index contributed by atoms with van der Waals surface area (Å²) in [5.41, 5.74) is 7.77. The van der Waals surface area contributed by atoms with Crippen LogP contribution in [0, 0.1) is 6.92 Å². The number of rotatable bonds is 3. The average molecular weight is 249 g/mol. The maximum Gasteiger partial charge on any atom is 0.129 e. The van der Waals surface area contributed by atoms with Crippen molar-refractivity contribution in [2.24, 2.45) is 5.73 Å². The highest BCUT2D eigenvalue weighted by atomic mass is 16.3. The Labute approximate surface area is 109 Å². The first kappa shape index (κ1) is 13.3. The van der Waals surface area contributed by atoms with Gasteiger partial charge in [-0.1, -0.05) is 12.8 Å². The smallest absolute Gasteiger partial charge is 0.129 e. The van der Waals surface area contributed by atoms with Crippen molar-refractivity contribution in [3.05, 3.63) is 23.4 Å². The zero-order chi connectivity index (χ0) is 13.1. The van der Waals surface area contributed by atoms with Gasteiger partial charge in [0, 0.05) is 19.3 Å². The molecule has 2 rings (SSSR count). The van der Waals surface area contributed by atoms with Crippen LogP contribution in [0.2, 0.25) is 0 Å². The van der Waals surface area contributed by atoms with Crippen molar-refractivity contribution < 1.29 is 5.11 Å². The Balaban J connectivity index is 2.21. The first-order valence-electron chi connectivity index (χ1n) is 6.70. The number of aliphatic hydroxyl groups is 1. The Morgan fingerprint density at radius 2 is 2.11 bits per heavy atom. The topological polar surface area (TPSA) is 62.4 Å². The minimum atomic E-state index is -0.243. The van der Waals surface area contributed by atoms with Gasteiger partial charge in [0.2, 0.25) is 0 Å². The van der Waals surface area contributed by atoms with E-state index >= 15 is 0 Å². The van der Waals surface area contributed by atoms with Crippen LogP contribution in [0.15, 0.2) is 12.1 Å². The highest BCUT2D eigenvalue weighted by Crippen LogP contribution is 2.26. The molecule has 100 valence electrons. The first-order valence-corrected chi connectivity index (χ1v) is 6.70. The van der Waals surface area contributed by atoms with E-state index in [9.17, 15) is 5.11 Å². The van der Waals surface area contributed by atoms with E-state index in [-0.39, 0.29) is 12.1 Å². The van der Waals surface area contributed by atoms with Gasteiger partial charge in [-0.05, 0) is 37.5 Å². The number of aryl methyl sites for hydroxylation is 1. The third kappa shape index (κ3) is 2.82. The number of aromatic nitrogens is 1. The van der Waals surface area contributed by atoms with Crippen LogP contribution in [0.1, 0.15) is 36.9 Å². The van der Waals surface area contributed by atoms with E-state index in [0.717, 1.165) is 36.3 Å². The fourth-order valence-electron chi connectivity index (χ4n) is 2.73. The summed E-state index contributed by atoms with van der Waals surface area (Å²) >= 11 is 0. The SMILES string of the molecule is Cc1cc(CN)cc(N(C)C2CCCCC2O)n1. The highest BCUT2D eigenvalue weighted by Gasteiger charge is 2.27. The Bertz CT molecular complexity index is 408. The van der Waals surface area contributed by atoms with E-state index in [2.05, 4.69) is 9.88 Å². The molecule has 3 N–H and O–H groups in total. The summed E-state index contributed by atoms with van der Waals surface area (Å²) in [7, 11) is 2.02. The minimum Gasteiger partial charge on any atom is -0.391 e. The number of nitrogens with two attached hydrogens (primary N) is 1. The Morgan fingerprint density at radius 1 is 1.39 bits per heavy atom. The number of aliphatic hydroxyl groups excluding tert-OH is 1. The molecule has 1 saturated carbocycles. The molecule has 1 aromatic rings. The zero-order valence-corrected chi connectivity index (χ0v) is 11.3. The molecule has 0 aromatic carbocycles. The number of hydrogen-bond acceptors (Lipinski definition) is 4. The molecule has 1 heterocycles. The number of anilines is 1. The fraction of sp³-hybridized carbons (Fsp3) is 0.643. The lowest BCUT2D eigenvalue weighted by Gasteiger charge is -2.36. The third-order valence-corrected chi connectivity index (χ3v) is 3.79. The van der Waals surface area contributed by atoms with Crippen LogP contribution < -0.4 is 10.6 Å². The molecule has 18 heavy (non-hydrogen) atoms. The van der Waals surface area contributed by atoms with E-state index in [0.29, 0.717) is 6.54 Å². The monoisotopic (exact) mass is 249 g/mol. The lowest BCUT2D eigenvalue weighted by molar-refractivity contribution is 0.106. The van der Waals surface area contributed by atoms with Crippen LogP contribution in [0.4, 0.5) is 5.82 Å². The normalized spacial score (nSPS) is 24.0. The van der Waals surface area contributed by atoms with Gasteiger partial charge < -0.3 is 15.7 Å². The quantitative estimate of drug-likeness (QED) is 0.854. The van der Waals surface area contributed by atoms with Crippen LogP contribution in [0.5, 0.6) is 0 Å². The van der Waals surface area contributed by atoms with Crippen molar-refractivity contribution in [2.75, 3.05) is 11.9 Å². The minimum absolute atomic E-state index is 0.179. The van der Waals surface area contributed by atoms with E-state index in [1.54, 1.807) is 0 Å². The van der Waals surface area contributed by atoms with Crippen LogP contribution in [-0.2, 0) is 6.54 Å². The summed E-state index contributed by atoms with van der Waals surface area (Å²) in [4.78, 5) is 6.66. The van der Waals surface area contributed by atoms with E-state index in [4.69, 9.17) is 5.73 Å². The van der Waals surface area contributed by atoms with Gasteiger partial charge in [-0.2, -0.15) is 0 Å². The molecule has 1 aliphatic rings. The van der Waals surface area contributed by atoms with Crippen molar-refractivity contribution >= 4 is 5.82 Å². The summed E-state index contributed by atoms with van der Waals surface area (Å²) in [5.74, 6) is 0.918. The van der Waals surface area contributed by atoms with Gasteiger partial charge in [0.05, 0.1) is 12.1 Å². The maximum atomic E-state index is 10.1. The second-order valence-electron chi connectivity index (χ2n) is 5.21. The largest absolute Gasteiger partial charge is 0.391 e. The fourth-order valence-corrected chi connectivity index (χ4v) is 2.73. The van der Waals surface area contributed by atoms with Crippen LogP contribution >= 0.6 is 0 Å². The van der Waals surface area contributed by atoms with Crippen molar-refractivity contribution in [3.63, 3.8) is 0 Å². The number of likely N-dealkylation sites (N-methyl/N-ethyl adjacent to an activating group) is 1. The molecule has 0 saturated heterocycles. The van der Waals surface area contributed by atoms with Crippen LogP contribution in [0.3, 0.4) is 0 Å². The van der Waals surface area contributed by atoms with Gasteiger partial charge in [-0.3, -0.25) is 0 Å². The molecule has 4 nitrogen and oxygen atoms in total. The van der Waals surface area contributed by atoms with Crippen molar-refractivity contribution in [3.8, 4) is 0 Å². The molecule has 0 bridgehead atoms. The molecular weight excluding hydrogens is 226 g/mol. The van der Waals surface area contributed by atoms with E-state index < -0.39 is 0 Å². The van der Waals surface area contributed by atoms with E-state index in [1.165, 1.54) is 6.42 Å². The van der Waals surface area contributed by atoms with Crippen LogP contribution in [0.25, 0.3) is 0 Å². The Hall–Kier alpha value is -1.13. The molecular formula is C14H23N3O. The molecule has 0 radical (unpaired) electrons. The second-order valence-corrected chi connectivity index (χ2v) is 5.21. The molecule has 2 atom stereocenters. The summed E-state index contributed by atoms with van der Waals surface area (Å²) in [6, 6.07) is 4.21. The number of pyridine rings is 1. The Morgan fingerprint density at radius 3 is 2.78 bits per heavy atom.